The van der Waals surface area contributed by atoms with Crippen LogP contribution in [-0.2, 0) is 17.9 Å². The maximum atomic E-state index is 12.6. The van der Waals surface area contributed by atoms with E-state index in [9.17, 15) is 9.59 Å². The number of amides is 1. The van der Waals surface area contributed by atoms with Gasteiger partial charge in [0.1, 0.15) is 5.56 Å². The fourth-order valence-electron chi connectivity index (χ4n) is 2.62. The van der Waals surface area contributed by atoms with Gasteiger partial charge in [0.05, 0.1) is 6.33 Å². The molecule has 3 heterocycles. The summed E-state index contributed by atoms with van der Waals surface area (Å²) in [6.07, 6.45) is 6.37. The third-order valence-electron chi connectivity index (χ3n) is 4.08. The summed E-state index contributed by atoms with van der Waals surface area (Å²) in [5.74, 6) is 0.517. The smallest absolute Gasteiger partial charge is 0.266 e. The molecule has 3 aromatic rings. The fraction of sp³-hybridized carbons (Fsp3) is 0.333. The first-order chi connectivity index (χ1) is 13.1. The standard InChI is InChI=1S/C18H20N6O3/c1-3-23(11-14-4-7-19-8-5-14)16(25)6-9-24-12-20-10-15(18(24)26)17-21-13(2)22-27-17/h4-5,7-8,10,12H,3,6,9,11H2,1-2H3. The van der Waals surface area contributed by atoms with Gasteiger partial charge in [0.15, 0.2) is 5.82 Å². The largest absolute Gasteiger partial charge is 0.339 e. The van der Waals surface area contributed by atoms with Crippen molar-refractivity contribution < 1.29 is 9.32 Å². The number of aryl methyl sites for hydroxylation is 2. The second-order valence-electron chi connectivity index (χ2n) is 5.97. The van der Waals surface area contributed by atoms with Gasteiger partial charge >= 0.3 is 0 Å². The average molecular weight is 368 g/mol. The van der Waals surface area contributed by atoms with E-state index >= 15 is 0 Å². The molecule has 0 aliphatic heterocycles. The number of rotatable bonds is 7. The zero-order valence-electron chi connectivity index (χ0n) is 15.2. The van der Waals surface area contributed by atoms with E-state index in [-0.39, 0.29) is 35.9 Å². The van der Waals surface area contributed by atoms with E-state index in [1.807, 2.05) is 19.1 Å². The van der Waals surface area contributed by atoms with Gasteiger partial charge in [-0.05, 0) is 31.5 Å². The molecule has 0 aromatic carbocycles. The van der Waals surface area contributed by atoms with Crippen LogP contribution in [0.2, 0.25) is 0 Å². The quantitative estimate of drug-likeness (QED) is 0.621. The van der Waals surface area contributed by atoms with Crippen molar-refractivity contribution in [3.05, 3.63) is 58.8 Å². The maximum Gasteiger partial charge on any atom is 0.266 e. The van der Waals surface area contributed by atoms with E-state index in [0.717, 1.165) is 5.56 Å². The molecule has 0 spiro atoms. The number of carbonyl (C=O) groups excluding carboxylic acids is 1. The second kappa shape index (κ2) is 8.35. The lowest BCUT2D eigenvalue weighted by Gasteiger charge is -2.21. The molecule has 27 heavy (non-hydrogen) atoms. The minimum Gasteiger partial charge on any atom is -0.339 e. The number of hydrogen-bond acceptors (Lipinski definition) is 7. The minimum absolute atomic E-state index is 0.0414. The van der Waals surface area contributed by atoms with Gasteiger partial charge in [0.2, 0.25) is 5.91 Å². The molecule has 0 bridgehead atoms. The van der Waals surface area contributed by atoms with Crippen LogP contribution in [0.25, 0.3) is 11.5 Å². The molecule has 0 aliphatic rings. The van der Waals surface area contributed by atoms with Crippen molar-refractivity contribution in [2.45, 2.75) is 33.4 Å². The van der Waals surface area contributed by atoms with Crippen molar-refractivity contribution in [3.63, 3.8) is 0 Å². The summed E-state index contributed by atoms with van der Waals surface area (Å²) >= 11 is 0. The zero-order valence-corrected chi connectivity index (χ0v) is 15.2. The highest BCUT2D eigenvalue weighted by atomic mass is 16.5. The number of nitrogens with zero attached hydrogens (tertiary/aromatic N) is 6. The van der Waals surface area contributed by atoms with E-state index in [2.05, 4.69) is 20.1 Å². The third kappa shape index (κ3) is 4.43. The van der Waals surface area contributed by atoms with E-state index in [1.54, 1.807) is 24.2 Å². The van der Waals surface area contributed by atoms with Crippen LogP contribution in [-0.4, -0.2) is 42.0 Å². The Kier molecular flexibility index (Phi) is 5.70. The summed E-state index contributed by atoms with van der Waals surface area (Å²) < 4.78 is 6.42. The third-order valence-corrected chi connectivity index (χ3v) is 4.08. The summed E-state index contributed by atoms with van der Waals surface area (Å²) in [7, 11) is 0. The van der Waals surface area contributed by atoms with Gasteiger partial charge in [-0.1, -0.05) is 5.16 Å². The average Bonchev–Trinajstić information content (AvgIpc) is 3.12. The van der Waals surface area contributed by atoms with Crippen molar-refractivity contribution in [2.24, 2.45) is 0 Å². The highest BCUT2D eigenvalue weighted by molar-refractivity contribution is 5.76. The number of aromatic nitrogens is 5. The molecule has 0 atom stereocenters. The molecule has 9 nitrogen and oxygen atoms in total. The molecule has 0 saturated heterocycles. The van der Waals surface area contributed by atoms with Crippen LogP contribution in [0.15, 0.2) is 46.4 Å². The fourth-order valence-corrected chi connectivity index (χ4v) is 2.62. The molecular weight excluding hydrogens is 348 g/mol. The van der Waals surface area contributed by atoms with Gasteiger partial charge in [-0.2, -0.15) is 4.98 Å². The Bertz CT molecular complexity index is 966. The van der Waals surface area contributed by atoms with Crippen molar-refractivity contribution in [3.8, 4) is 11.5 Å². The lowest BCUT2D eigenvalue weighted by Crippen LogP contribution is -2.32. The highest BCUT2D eigenvalue weighted by Gasteiger charge is 2.16. The number of carbonyl (C=O) groups is 1. The molecule has 0 radical (unpaired) electrons. The summed E-state index contributed by atoms with van der Waals surface area (Å²) in [4.78, 5) is 39.0. The Morgan fingerprint density at radius 2 is 2.04 bits per heavy atom. The van der Waals surface area contributed by atoms with E-state index < -0.39 is 0 Å². The van der Waals surface area contributed by atoms with Crippen LogP contribution in [0.5, 0.6) is 0 Å². The SMILES string of the molecule is CCN(Cc1ccncc1)C(=O)CCn1cncc(-c2nc(C)no2)c1=O. The Morgan fingerprint density at radius 3 is 2.70 bits per heavy atom. The lowest BCUT2D eigenvalue weighted by molar-refractivity contribution is -0.131. The summed E-state index contributed by atoms with van der Waals surface area (Å²) in [6, 6.07) is 3.75. The van der Waals surface area contributed by atoms with Gasteiger partial charge < -0.3 is 9.42 Å². The summed E-state index contributed by atoms with van der Waals surface area (Å²) in [5.41, 5.74) is 0.904. The number of hydrogen-bond donors (Lipinski definition) is 0. The van der Waals surface area contributed by atoms with Crippen molar-refractivity contribution in [2.75, 3.05) is 6.54 Å². The van der Waals surface area contributed by atoms with Gasteiger partial charge in [0, 0.05) is 44.6 Å². The molecule has 140 valence electrons. The molecule has 3 rings (SSSR count). The molecular formula is C18H20N6O3. The Labute approximate surface area is 155 Å². The van der Waals surface area contributed by atoms with Crippen LogP contribution in [0, 0.1) is 6.92 Å². The van der Waals surface area contributed by atoms with Gasteiger partial charge in [-0.25, -0.2) is 4.98 Å². The Balaban J connectivity index is 1.69. The van der Waals surface area contributed by atoms with E-state index in [1.165, 1.54) is 17.1 Å². The lowest BCUT2D eigenvalue weighted by atomic mass is 10.2. The minimum atomic E-state index is -0.321. The molecule has 0 unspecified atom stereocenters. The molecule has 9 heteroatoms. The van der Waals surface area contributed by atoms with Crippen LogP contribution in [0.4, 0.5) is 0 Å². The van der Waals surface area contributed by atoms with Gasteiger partial charge in [0.25, 0.3) is 11.4 Å². The zero-order chi connectivity index (χ0) is 19.2. The summed E-state index contributed by atoms with van der Waals surface area (Å²) in [5, 5.41) is 3.68. The van der Waals surface area contributed by atoms with Crippen LogP contribution >= 0.6 is 0 Å². The van der Waals surface area contributed by atoms with Crippen molar-refractivity contribution in [1.29, 1.82) is 0 Å². The van der Waals surface area contributed by atoms with Crippen LogP contribution in [0.3, 0.4) is 0 Å². The topological polar surface area (TPSA) is 107 Å². The van der Waals surface area contributed by atoms with Crippen molar-refractivity contribution in [1.82, 2.24) is 29.6 Å². The first-order valence-corrected chi connectivity index (χ1v) is 8.60. The monoisotopic (exact) mass is 368 g/mol. The van der Waals surface area contributed by atoms with Crippen LogP contribution < -0.4 is 5.56 Å². The molecule has 3 aromatic heterocycles. The molecule has 1 amide bonds. The normalized spacial score (nSPS) is 10.7. The van der Waals surface area contributed by atoms with E-state index in [4.69, 9.17) is 4.52 Å². The predicted molar refractivity (Wildman–Crippen MR) is 96.5 cm³/mol. The van der Waals surface area contributed by atoms with Crippen LogP contribution in [0.1, 0.15) is 24.7 Å². The number of pyridine rings is 1. The Hall–Kier alpha value is -3.36. The predicted octanol–water partition coefficient (Wildman–Crippen LogP) is 1.44. The first-order valence-electron chi connectivity index (χ1n) is 8.60. The Morgan fingerprint density at radius 1 is 1.26 bits per heavy atom. The molecule has 0 fully saturated rings. The molecule has 0 saturated carbocycles. The van der Waals surface area contributed by atoms with Gasteiger partial charge in [-0.15, -0.1) is 0 Å². The van der Waals surface area contributed by atoms with Crippen molar-refractivity contribution >= 4 is 5.91 Å². The first kappa shape index (κ1) is 18.4. The molecule has 0 aliphatic carbocycles. The maximum absolute atomic E-state index is 12.6. The van der Waals surface area contributed by atoms with Gasteiger partial charge in [-0.3, -0.25) is 19.1 Å². The summed E-state index contributed by atoms with van der Waals surface area (Å²) in [6.45, 7) is 4.90. The highest BCUT2D eigenvalue weighted by Crippen LogP contribution is 2.11. The van der Waals surface area contributed by atoms with E-state index in [0.29, 0.717) is 18.9 Å². The second-order valence-corrected chi connectivity index (χ2v) is 5.97. The molecule has 0 N–H and O–H groups in total.